The van der Waals surface area contributed by atoms with E-state index < -0.39 is 0 Å². The van der Waals surface area contributed by atoms with Crippen molar-refractivity contribution < 1.29 is 14.3 Å². The number of rotatable bonds is 3. The molecule has 2 aromatic carbocycles. The van der Waals surface area contributed by atoms with Crippen molar-refractivity contribution in [1.82, 2.24) is 0 Å². The topological polar surface area (TPSA) is 38.8 Å². The number of ether oxygens (including phenoxy) is 2. The molecule has 0 saturated carbocycles. The summed E-state index contributed by atoms with van der Waals surface area (Å²) in [6.45, 7) is 9.13. The minimum absolute atomic E-state index is 0.0806. The molecule has 0 aliphatic carbocycles. The summed E-state index contributed by atoms with van der Waals surface area (Å²) in [5.41, 5.74) is 2.28. The van der Waals surface area contributed by atoms with E-state index in [0.29, 0.717) is 17.4 Å². The largest absolute Gasteiger partial charge is 0.493 e. The Hall–Kier alpha value is -2.49. The van der Waals surface area contributed by atoms with E-state index in [1.807, 2.05) is 41.3 Å². The molecular formula is C22H27NO3. The van der Waals surface area contributed by atoms with Crippen LogP contribution in [-0.4, -0.2) is 19.6 Å². The van der Waals surface area contributed by atoms with Gasteiger partial charge in [0, 0.05) is 19.2 Å². The second kappa shape index (κ2) is 7.02. The van der Waals surface area contributed by atoms with Crippen molar-refractivity contribution in [2.75, 3.05) is 18.6 Å². The van der Waals surface area contributed by atoms with E-state index in [2.05, 4.69) is 26.8 Å². The second-order valence-electron chi connectivity index (χ2n) is 7.85. The number of carbonyl (C=O) groups is 1. The summed E-state index contributed by atoms with van der Waals surface area (Å²) >= 11 is 0. The smallest absolute Gasteiger partial charge is 0.223 e. The molecule has 1 aliphatic rings. The molecule has 0 N–H and O–H groups in total. The minimum atomic E-state index is 0.0806. The predicted octanol–water partition coefficient (Wildman–Crippen LogP) is 5.37. The van der Waals surface area contributed by atoms with Gasteiger partial charge in [0.05, 0.1) is 7.11 Å². The lowest BCUT2D eigenvalue weighted by Gasteiger charge is -2.40. The molecule has 0 radical (unpaired) electrons. The van der Waals surface area contributed by atoms with Crippen molar-refractivity contribution in [3.63, 3.8) is 0 Å². The molecule has 0 bridgehead atoms. The first-order valence-electron chi connectivity index (χ1n) is 9.04. The third-order valence-electron chi connectivity index (χ3n) is 5.03. The molecule has 0 spiro atoms. The SMILES string of the molecule is COc1ccccc1Oc1ccc2c(c1)C(C(C)(C)C)CCN2C(C)=O. The fourth-order valence-corrected chi connectivity index (χ4v) is 3.71. The van der Waals surface area contributed by atoms with Gasteiger partial charge in [-0.3, -0.25) is 4.79 Å². The molecule has 1 aliphatic heterocycles. The van der Waals surface area contributed by atoms with Gasteiger partial charge in [0.1, 0.15) is 5.75 Å². The summed E-state index contributed by atoms with van der Waals surface area (Å²) in [5.74, 6) is 2.59. The molecule has 1 heterocycles. The average Bonchev–Trinajstić information content (AvgIpc) is 2.60. The summed E-state index contributed by atoms with van der Waals surface area (Å²) in [6.07, 6.45) is 0.953. The number of para-hydroxylation sites is 2. The molecule has 0 aromatic heterocycles. The highest BCUT2D eigenvalue weighted by Crippen LogP contribution is 2.47. The Kier molecular flexibility index (Phi) is 4.94. The highest BCUT2D eigenvalue weighted by Gasteiger charge is 2.34. The molecule has 4 nitrogen and oxygen atoms in total. The number of nitrogens with zero attached hydrogens (tertiary/aromatic N) is 1. The molecule has 1 amide bonds. The van der Waals surface area contributed by atoms with Crippen LogP contribution < -0.4 is 14.4 Å². The molecule has 2 aromatic rings. The van der Waals surface area contributed by atoms with E-state index >= 15 is 0 Å². The molecule has 1 unspecified atom stereocenters. The summed E-state index contributed by atoms with van der Waals surface area (Å²) in [4.78, 5) is 13.9. The fraction of sp³-hybridized carbons (Fsp3) is 0.409. The first-order chi connectivity index (χ1) is 12.3. The fourth-order valence-electron chi connectivity index (χ4n) is 3.71. The molecule has 0 fully saturated rings. The van der Waals surface area contributed by atoms with Gasteiger partial charge in [-0.15, -0.1) is 0 Å². The maximum Gasteiger partial charge on any atom is 0.223 e. The van der Waals surface area contributed by atoms with Crippen molar-refractivity contribution in [2.24, 2.45) is 5.41 Å². The molecule has 138 valence electrons. The van der Waals surface area contributed by atoms with Crippen molar-refractivity contribution in [2.45, 2.75) is 40.0 Å². The summed E-state index contributed by atoms with van der Waals surface area (Å²) in [7, 11) is 1.63. The van der Waals surface area contributed by atoms with E-state index in [4.69, 9.17) is 9.47 Å². The normalized spacial score (nSPS) is 16.8. The Morgan fingerprint density at radius 1 is 1.12 bits per heavy atom. The third kappa shape index (κ3) is 3.55. The van der Waals surface area contributed by atoms with Crippen LogP contribution in [-0.2, 0) is 4.79 Å². The van der Waals surface area contributed by atoms with Crippen molar-refractivity contribution in [1.29, 1.82) is 0 Å². The van der Waals surface area contributed by atoms with Crippen LogP contribution in [0.4, 0.5) is 5.69 Å². The van der Waals surface area contributed by atoms with Crippen LogP contribution in [0.1, 0.15) is 45.6 Å². The Morgan fingerprint density at radius 2 is 1.81 bits per heavy atom. The number of amides is 1. The number of methoxy groups -OCH3 is 1. The number of fused-ring (bicyclic) bond motifs is 1. The Bertz CT molecular complexity index is 807. The summed E-state index contributed by atoms with van der Waals surface area (Å²) < 4.78 is 11.5. The number of anilines is 1. The van der Waals surface area contributed by atoms with Crippen LogP contribution in [0, 0.1) is 5.41 Å². The Morgan fingerprint density at radius 3 is 2.42 bits per heavy atom. The quantitative estimate of drug-likeness (QED) is 0.744. The number of hydrogen-bond donors (Lipinski definition) is 0. The Balaban J connectivity index is 2.02. The van der Waals surface area contributed by atoms with Gasteiger partial charge in [0.2, 0.25) is 5.91 Å². The zero-order valence-electron chi connectivity index (χ0n) is 16.2. The third-order valence-corrected chi connectivity index (χ3v) is 5.03. The van der Waals surface area contributed by atoms with E-state index in [-0.39, 0.29) is 11.3 Å². The van der Waals surface area contributed by atoms with Gasteiger partial charge in [-0.25, -0.2) is 0 Å². The van der Waals surface area contributed by atoms with Gasteiger partial charge in [-0.1, -0.05) is 32.9 Å². The molecule has 1 atom stereocenters. The number of benzene rings is 2. The van der Waals surface area contributed by atoms with Crippen LogP contribution in [0.25, 0.3) is 0 Å². The van der Waals surface area contributed by atoms with Gasteiger partial charge in [0.15, 0.2) is 11.5 Å². The zero-order valence-corrected chi connectivity index (χ0v) is 16.2. The number of hydrogen-bond acceptors (Lipinski definition) is 3. The van der Waals surface area contributed by atoms with Gasteiger partial charge < -0.3 is 14.4 Å². The Labute approximate surface area is 155 Å². The van der Waals surface area contributed by atoms with Crippen LogP contribution in [0.15, 0.2) is 42.5 Å². The monoisotopic (exact) mass is 353 g/mol. The van der Waals surface area contributed by atoms with E-state index in [1.54, 1.807) is 14.0 Å². The standard InChI is InChI=1S/C22H27NO3/c1-15(24)23-13-12-18(22(2,3)4)17-14-16(10-11-19(17)23)26-21-9-7-6-8-20(21)25-5/h6-11,14,18H,12-13H2,1-5H3. The van der Waals surface area contributed by atoms with E-state index in [9.17, 15) is 4.79 Å². The van der Waals surface area contributed by atoms with Crippen LogP contribution in [0.5, 0.6) is 17.2 Å². The lowest BCUT2D eigenvalue weighted by atomic mass is 9.72. The molecular weight excluding hydrogens is 326 g/mol. The molecule has 26 heavy (non-hydrogen) atoms. The van der Waals surface area contributed by atoms with E-state index in [0.717, 1.165) is 24.4 Å². The van der Waals surface area contributed by atoms with Crippen LogP contribution >= 0.6 is 0 Å². The zero-order chi connectivity index (χ0) is 18.9. The van der Waals surface area contributed by atoms with Crippen molar-refractivity contribution >= 4 is 11.6 Å². The van der Waals surface area contributed by atoms with Crippen LogP contribution in [0.3, 0.4) is 0 Å². The molecule has 0 saturated heterocycles. The number of carbonyl (C=O) groups excluding carboxylic acids is 1. The van der Waals surface area contributed by atoms with Gasteiger partial charge >= 0.3 is 0 Å². The molecule has 4 heteroatoms. The second-order valence-corrected chi connectivity index (χ2v) is 7.85. The lowest BCUT2D eigenvalue weighted by Crippen LogP contribution is -2.37. The highest BCUT2D eigenvalue weighted by molar-refractivity contribution is 5.93. The van der Waals surface area contributed by atoms with Crippen LogP contribution in [0.2, 0.25) is 0 Å². The molecule has 3 rings (SSSR count). The van der Waals surface area contributed by atoms with Gasteiger partial charge in [0.25, 0.3) is 0 Å². The maximum atomic E-state index is 12.1. The minimum Gasteiger partial charge on any atom is -0.493 e. The maximum absolute atomic E-state index is 12.1. The highest BCUT2D eigenvalue weighted by atomic mass is 16.5. The average molecular weight is 353 g/mol. The first-order valence-corrected chi connectivity index (χ1v) is 9.04. The van der Waals surface area contributed by atoms with Crippen molar-refractivity contribution in [3.8, 4) is 17.2 Å². The first kappa shape index (κ1) is 18.3. The van der Waals surface area contributed by atoms with Gasteiger partial charge in [-0.05, 0) is 53.6 Å². The van der Waals surface area contributed by atoms with Gasteiger partial charge in [-0.2, -0.15) is 0 Å². The predicted molar refractivity (Wildman–Crippen MR) is 104 cm³/mol. The van der Waals surface area contributed by atoms with Crippen molar-refractivity contribution in [3.05, 3.63) is 48.0 Å². The van der Waals surface area contributed by atoms with E-state index in [1.165, 1.54) is 5.56 Å². The summed E-state index contributed by atoms with van der Waals surface area (Å²) in [6, 6.07) is 13.6. The summed E-state index contributed by atoms with van der Waals surface area (Å²) in [5, 5.41) is 0. The lowest BCUT2D eigenvalue weighted by molar-refractivity contribution is -0.116.